The summed E-state index contributed by atoms with van der Waals surface area (Å²) in [6.45, 7) is 2.02. The van der Waals surface area contributed by atoms with Crippen LogP contribution in [0.25, 0.3) is 10.8 Å². The van der Waals surface area contributed by atoms with Crippen molar-refractivity contribution in [3.8, 4) is 0 Å². The molecule has 0 aliphatic heterocycles. The summed E-state index contributed by atoms with van der Waals surface area (Å²) in [5, 5.41) is 7.67. The van der Waals surface area contributed by atoms with Gasteiger partial charge in [0.2, 0.25) is 11.8 Å². The van der Waals surface area contributed by atoms with Crippen LogP contribution in [0.3, 0.4) is 0 Å². The van der Waals surface area contributed by atoms with Gasteiger partial charge in [-0.05, 0) is 40.5 Å². The third kappa shape index (κ3) is 4.48. The highest BCUT2D eigenvalue weighted by atomic mass is 16.2. The maximum absolute atomic E-state index is 12.2. The minimum atomic E-state index is -0.232. The van der Waals surface area contributed by atoms with E-state index in [0.717, 1.165) is 34.0 Å². The standard InChI is InChI=1S/C22H22N2O2/c1-2-16-7-5-11-19(13-16)24-22(26)15-23-21(25)14-18-10-6-9-17-8-3-4-12-20(17)18/h3-13H,2,14-15H2,1H3,(H,23,25)(H,24,26). The van der Waals surface area contributed by atoms with E-state index < -0.39 is 0 Å². The number of aryl methyl sites for hydroxylation is 1. The predicted molar refractivity (Wildman–Crippen MR) is 105 cm³/mol. The van der Waals surface area contributed by atoms with Crippen LogP contribution in [0.5, 0.6) is 0 Å². The number of carbonyl (C=O) groups excluding carboxylic acids is 2. The van der Waals surface area contributed by atoms with E-state index in [9.17, 15) is 9.59 Å². The van der Waals surface area contributed by atoms with E-state index in [0.29, 0.717) is 0 Å². The zero-order valence-corrected chi connectivity index (χ0v) is 14.8. The molecule has 0 unspecified atom stereocenters. The van der Waals surface area contributed by atoms with Crippen LogP contribution in [-0.2, 0) is 22.4 Å². The number of anilines is 1. The molecule has 0 aliphatic rings. The minimum absolute atomic E-state index is 0.0417. The predicted octanol–water partition coefficient (Wildman–Crippen LogP) is 3.70. The third-order valence-electron chi connectivity index (χ3n) is 4.30. The Balaban J connectivity index is 1.55. The zero-order chi connectivity index (χ0) is 18.4. The van der Waals surface area contributed by atoms with Crippen LogP contribution in [0, 0.1) is 0 Å². The van der Waals surface area contributed by atoms with Crippen molar-refractivity contribution in [3.05, 3.63) is 77.9 Å². The Morgan fingerprint density at radius 2 is 1.65 bits per heavy atom. The number of benzene rings is 3. The van der Waals surface area contributed by atoms with E-state index >= 15 is 0 Å². The molecule has 0 saturated heterocycles. The average Bonchev–Trinajstić information content (AvgIpc) is 2.67. The van der Waals surface area contributed by atoms with Gasteiger partial charge in [0.05, 0.1) is 13.0 Å². The summed E-state index contributed by atoms with van der Waals surface area (Å²) in [5.41, 5.74) is 2.86. The van der Waals surface area contributed by atoms with Gasteiger partial charge in [-0.25, -0.2) is 0 Å². The average molecular weight is 346 g/mol. The fourth-order valence-corrected chi connectivity index (χ4v) is 2.94. The lowest BCUT2D eigenvalue weighted by Gasteiger charge is -2.09. The molecule has 0 saturated carbocycles. The van der Waals surface area contributed by atoms with Gasteiger partial charge in [0.25, 0.3) is 0 Å². The van der Waals surface area contributed by atoms with Crippen LogP contribution in [0.2, 0.25) is 0 Å². The smallest absolute Gasteiger partial charge is 0.243 e. The molecule has 2 amide bonds. The quantitative estimate of drug-likeness (QED) is 0.715. The molecule has 0 spiro atoms. The van der Waals surface area contributed by atoms with E-state index in [1.807, 2.05) is 66.7 Å². The first-order valence-electron chi connectivity index (χ1n) is 8.78. The summed E-state index contributed by atoms with van der Waals surface area (Å²) in [5.74, 6) is -0.400. The van der Waals surface area contributed by atoms with Crippen LogP contribution in [0.1, 0.15) is 18.1 Å². The third-order valence-corrected chi connectivity index (χ3v) is 4.30. The Hall–Kier alpha value is -3.14. The van der Waals surface area contributed by atoms with Crippen LogP contribution in [0.15, 0.2) is 66.7 Å². The van der Waals surface area contributed by atoms with E-state index in [4.69, 9.17) is 0 Å². The van der Waals surface area contributed by atoms with Crippen molar-refractivity contribution >= 4 is 28.3 Å². The Morgan fingerprint density at radius 3 is 2.50 bits per heavy atom. The second-order valence-corrected chi connectivity index (χ2v) is 6.19. The number of fused-ring (bicyclic) bond motifs is 1. The first-order valence-corrected chi connectivity index (χ1v) is 8.78. The summed E-state index contributed by atoms with van der Waals surface area (Å²) < 4.78 is 0. The van der Waals surface area contributed by atoms with Crippen LogP contribution >= 0.6 is 0 Å². The number of nitrogens with one attached hydrogen (secondary N) is 2. The number of hydrogen-bond donors (Lipinski definition) is 2. The number of carbonyl (C=O) groups is 2. The molecule has 0 bridgehead atoms. The molecule has 4 nitrogen and oxygen atoms in total. The number of hydrogen-bond acceptors (Lipinski definition) is 2. The Kier molecular flexibility index (Phi) is 5.64. The molecular formula is C22H22N2O2. The van der Waals surface area contributed by atoms with Crippen molar-refractivity contribution in [2.45, 2.75) is 19.8 Å². The largest absolute Gasteiger partial charge is 0.347 e. The van der Waals surface area contributed by atoms with Crippen molar-refractivity contribution in [2.24, 2.45) is 0 Å². The van der Waals surface area contributed by atoms with Gasteiger partial charge in [0, 0.05) is 5.69 Å². The fourth-order valence-electron chi connectivity index (χ4n) is 2.94. The lowest BCUT2D eigenvalue weighted by Crippen LogP contribution is -2.33. The van der Waals surface area contributed by atoms with Crippen LogP contribution < -0.4 is 10.6 Å². The summed E-state index contributed by atoms with van der Waals surface area (Å²) in [7, 11) is 0. The molecule has 0 aliphatic carbocycles. The first kappa shape index (κ1) is 17.7. The van der Waals surface area contributed by atoms with Crippen molar-refractivity contribution in [3.63, 3.8) is 0 Å². The van der Waals surface area contributed by atoms with Crippen molar-refractivity contribution < 1.29 is 9.59 Å². The summed E-state index contributed by atoms with van der Waals surface area (Å²) in [4.78, 5) is 24.3. The molecule has 4 heteroatoms. The molecule has 132 valence electrons. The number of amides is 2. The molecule has 2 N–H and O–H groups in total. The maximum atomic E-state index is 12.2. The van der Waals surface area contributed by atoms with Gasteiger partial charge in [-0.3, -0.25) is 9.59 Å². The molecule has 0 atom stereocenters. The minimum Gasteiger partial charge on any atom is -0.347 e. The van der Waals surface area contributed by atoms with Gasteiger partial charge in [0.1, 0.15) is 0 Å². The van der Waals surface area contributed by atoms with E-state index in [-0.39, 0.29) is 24.8 Å². The second-order valence-electron chi connectivity index (χ2n) is 6.19. The fraction of sp³-hybridized carbons (Fsp3) is 0.182. The molecule has 3 rings (SSSR count). The molecule has 26 heavy (non-hydrogen) atoms. The Bertz CT molecular complexity index is 929. The zero-order valence-electron chi connectivity index (χ0n) is 14.8. The topological polar surface area (TPSA) is 58.2 Å². The maximum Gasteiger partial charge on any atom is 0.243 e. The van der Waals surface area contributed by atoms with Gasteiger partial charge >= 0.3 is 0 Å². The van der Waals surface area contributed by atoms with Gasteiger partial charge in [-0.2, -0.15) is 0 Å². The first-order chi connectivity index (χ1) is 12.7. The van der Waals surface area contributed by atoms with Crippen molar-refractivity contribution in [1.82, 2.24) is 5.32 Å². The van der Waals surface area contributed by atoms with Gasteiger partial charge in [-0.1, -0.05) is 61.5 Å². The Morgan fingerprint density at radius 1 is 0.885 bits per heavy atom. The van der Waals surface area contributed by atoms with E-state index in [1.54, 1.807) is 0 Å². The molecule has 0 heterocycles. The molecule has 0 fully saturated rings. The molecule has 3 aromatic rings. The Labute approximate surface area is 153 Å². The molecule has 3 aromatic carbocycles. The highest BCUT2D eigenvalue weighted by Gasteiger charge is 2.09. The molecule has 0 radical (unpaired) electrons. The monoisotopic (exact) mass is 346 g/mol. The lowest BCUT2D eigenvalue weighted by atomic mass is 10.0. The van der Waals surface area contributed by atoms with E-state index in [1.165, 1.54) is 0 Å². The summed E-state index contributed by atoms with van der Waals surface area (Å²) >= 11 is 0. The van der Waals surface area contributed by atoms with E-state index in [2.05, 4.69) is 17.6 Å². The van der Waals surface area contributed by atoms with Gasteiger partial charge in [0.15, 0.2) is 0 Å². The molecule has 0 aromatic heterocycles. The van der Waals surface area contributed by atoms with Crippen LogP contribution in [-0.4, -0.2) is 18.4 Å². The highest BCUT2D eigenvalue weighted by Crippen LogP contribution is 2.18. The second kappa shape index (κ2) is 8.30. The molecular weight excluding hydrogens is 324 g/mol. The number of rotatable bonds is 6. The normalized spacial score (nSPS) is 10.5. The SMILES string of the molecule is CCc1cccc(NC(=O)CNC(=O)Cc2cccc3ccccc23)c1. The van der Waals surface area contributed by atoms with Crippen molar-refractivity contribution in [2.75, 3.05) is 11.9 Å². The summed E-state index contributed by atoms with van der Waals surface area (Å²) in [6.07, 6.45) is 1.16. The van der Waals surface area contributed by atoms with Gasteiger partial charge < -0.3 is 10.6 Å². The van der Waals surface area contributed by atoms with Gasteiger partial charge in [-0.15, -0.1) is 0 Å². The van der Waals surface area contributed by atoms with Crippen molar-refractivity contribution in [1.29, 1.82) is 0 Å². The summed E-state index contributed by atoms with van der Waals surface area (Å²) in [6, 6.07) is 21.6. The highest BCUT2D eigenvalue weighted by molar-refractivity contribution is 5.95. The lowest BCUT2D eigenvalue weighted by molar-refractivity contribution is -0.123. The van der Waals surface area contributed by atoms with Crippen LogP contribution in [0.4, 0.5) is 5.69 Å².